The Kier molecular flexibility index (Phi) is 3.42. The molecule has 0 atom stereocenters. The summed E-state index contributed by atoms with van der Waals surface area (Å²) in [6, 6.07) is 10.6. The van der Waals surface area contributed by atoms with E-state index in [9.17, 15) is 9.18 Å². The summed E-state index contributed by atoms with van der Waals surface area (Å²) in [6.45, 7) is 0. The minimum absolute atomic E-state index is 0.187. The minimum atomic E-state index is -0.541. The fraction of sp³-hybridized carbons (Fsp3) is 0.100. The lowest BCUT2D eigenvalue weighted by molar-refractivity contribution is 0.584. The van der Waals surface area contributed by atoms with Gasteiger partial charge in [-0.15, -0.1) is 0 Å². The lowest BCUT2D eigenvalue weighted by Gasteiger charge is -2.08. The number of aryl methyl sites for hydroxylation is 2. The summed E-state index contributed by atoms with van der Waals surface area (Å²) in [6.07, 6.45) is 4.77. The Morgan fingerprint density at radius 2 is 1.79 bits per heavy atom. The molecule has 0 saturated heterocycles. The standard InChI is InChI=1S/C20H15FN6O/c1-25-16-11-23-15-4-3-12(13-5-7-22-17(21)10-13)9-14(15)19(16)27(20(25)28)18-6-8-24-26(18)2/h3-11H,1-2H3. The van der Waals surface area contributed by atoms with Gasteiger partial charge in [0.15, 0.2) is 0 Å². The Hall–Kier alpha value is -3.81. The van der Waals surface area contributed by atoms with E-state index in [2.05, 4.69) is 15.1 Å². The summed E-state index contributed by atoms with van der Waals surface area (Å²) in [4.78, 5) is 21.1. The second-order valence-electron chi connectivity index (χ2n) is 6.58. The Morgan fingerprint density at radius 3 is 2.54 bits per heavy atom. The van der Waals surface area contributed by atoms with E-state index in [0.717, 1.165) is 22.0 Å². The van der Waals surface area contributed by atoms with Crippen molar-refractivity contribution in [3.8, 4) is 16.9 Å². The van der Waals surface area contributed by atoms with E-state index in [-0.39, 0.29) is 5.69 Å². The molecule has 0 spiro atoms. The fourth-order valence-electron chi connectivity index (χ4n) is 3.56. The lowest BCUT2D eigenvalue weighted by atomic mass is 10.0. The monoisotopic (exact) mass is 374 g/mol. The van der Waals surface area contributed by atoms with Crippen LogP contribution in [0.4, 0.5) is 4.39 Å². The lowest BCUT2D eigenvalue weighted by Crippen LogP contribution is -2.22. The van der Waals surface area contributed by atoms with Crippen LogP contribution in [0.5, 0.6) is 0 Å². The summed E-state index contributed by atoms with van der Waals surface area (Å²) in [5.41, 5.74) is 3.52. The minimum Gasteiger partial charge on any atom is -0.293 e. The number of aromatic nitrogens is 6. The van der Waals surface area contributed by atoms with Crippen molar-refractivity contribution in [1.29, 1.82) is 0 Å². The van der Waals surface area contributed by atoms with Gasteiger partial charge >= 0.3 is 5.69 Å². The number of fused-ring (bicyclic) bond motifs is 3. The Bertz CT molecular complexity index is 1430. The van der Waals surface area contributed by atoms with E-state index in [0.29, 0.717) is 16.9 Å². The highest BCUT2D eigenvalue weighted by atomic mass is 19.1. The van der Waals surface area contributed by atoms with Crippen LogP contribution in [-0.4, -0.2) is 28.9 Å². The predicted octanol–water partition coefficient (Wildman–Crippen LogP) is 2.81. The quantitative estimate of drug-likeness (QED) is 0.446. The zero-order valence-corrected chi connectivity index (χ0v) is 15.2. The molecule has 0 aliphatic heterocycles. The molecule has 5 rings (SSSR count). The van der Waals surface area contributed by atoms with Crippen molar-refractivity contribution in [3.63, 3.8) is 0 Å². The zero-order valence-electron chi connectivity index (χ0n) is 15.2. The number of nitrogens with zero attached hydrogens (tertiary/aromatic N) is 6. The van der Waals surface area contributed by atoms with Gasteiger partial charge in [-0.2, -0.15) is 9.49 Å². The molecule has 0 bridgehead atoms. The molecule has 0 radical (unpaired) electrons. The Balaban J connectivity index is 1.91. The van der Waals surface area contributed by atoms with Gasteiger partial charge in [-0.1, -0.05) is 6.07 Å². The molecule has 0 amide bonds. The van der Waals surface area contributed by atoms with Crippen molar-refractivity contribution in [2.24, 2.45) is 14.1 Å². The number of benzene rings is 1. The van der Waals surface area contributed by atoms with Crippen LogP contribution >= 0.6 is 0 Å². The normalized spacial score (nSPS) is 11.5. The van der Waals surface area contributed by atoms with Gasteiger partial charge in [0.1, 0.15) is 5.82 Å². The largest absolute Gasteiger partial charge is 0.334 e. The predicted molar refractivity (Wildman–Crippen MR) is 104 cm³/mol. The van der Waals surface area contributed by atoms with Gasteiger partial charge < -0.3 is 0 Å². The third-order valence-corrected chi connectivity index (χ3v) is 4.97. The summed E-state index contributed by atoms with van der Waals surface area (Å²) in [7, 11) is 3.50. The molecule has 0 aliphatic carbocycles. The molecule has 1 aromatic carbocycles. The number of imidazole rings is 1. The summed E-state index contributed by atoms with van der Waals surface area (Å²) in [5.74, 6) is 0.115. The van der Waals surface area contributed by atoms with Gasteiger partial charge in [0.05, 0.1) is 28.9 Å². The van der Waals surface area contributed by atoms with Crippen molar-refractivity contribution < 1.29 is 4.39 Å². The van der Waals surface area contributed by atoms with E-state index in [1.807, 2.05) is 18.2 Å². The first-order valence-electron chi connectivity index (χ1n) is 8.65. The molecule has 0 aliphatic rings. The molecule has 4 heterocycles. The number of hydrogen-bond acceptors (Lipinski definition) is 4. The van der Waals surface area contributed by atoms with E-state index in [1.54, 1.807) is 52.4 Å². The molecule has 0 unspecified atom stereocenters. The van der Waals surface area contributed by atoms with Gasteiger partial charge in [-0.3, -0.25) is 14.2 Å². The van der Waals surface area contributed by atoms with Crippen molar-refractivity contribution in [2.75, 3.05) is 0 Å². The molecule has 138 valence electrons. The molecule has 4 aromatic heterocycles. The third-order valence-electron chi connectivity index (χ3n) is 4.97. The molecule has 0 N–H and O–H groups in total. The first kappa shape index (κ1) is 16.4. The fourth-order valence-corrected chi connectivity index (χ4v) is 3.56. The van der Waals surface area contributed by atoms with Gasteiger partial charge in [0.2, 0.25) is 5.95 Å². The van der Waals surface area contributed by atoms with E-state index in [1.165, 1.54) is 12.3 Å². The van der Waals surface area contributed by atoms with Gasteiger partial charge in [-0.05, 0) is 29.3 Å². The number of hydrogen-bond donors (Lipinski definition) is 0. The van der Waals surface area contributed by atoms with Crippen LogP contribution < -0.4 is 5.69 Å². The highest BCUT2D eigenvalue weighted by Gasteiger charge is 2.18. The molecule has 7 nitrogen and oxygen atoms in total. The molecule has 0 fully saturated rings. The van der Waals surface area contributed by atoms with Crippen LogP contribution in [0.2, 0.25) is 0 Å². The van der Waals surface area contributed by atoms with Crippen molar-refractivity contribution >= 4 is 21.9 Å². The average Bonchev–Trinajstić information content (AvgIpc) is 3.22. The third kappa shape index (κ3) is 2.27. The van der Waals surface area contributed by atoms with Crippen LogP contribution in [0, 0.1) is 5.95 Å². The highest BCUT2D eigenvalue weighted by molar-refractivity contribution is 6.04. The average molecular weight is 374 g/mol. The number of halogens is 1. The second-order valence-corrected chi connectivity index (χ2v) is 6.58. The van der Waals surface area contributed by atoms with Crippen LogP contribution in [0.3, 0.4) is 0 Å². The first-order valence-corrected chi connectivity index (χ1v) is 8.65. The maximum Gasteiger partial charge on any atom is 0.334 e. The second kappa shape index (κ2) is 5.85. The summed E-state index contributed by atoms with van der Waals surface area (Å²) < 4.78 is 18.4. The smallest absolute Gasteiger partial charge is 0.293 e. The van der Waals surface area contributed by atoms with Gasteiger partial charge in [-0.25, -0.2) is 14.3 Å². The van der Waals surface area contributed by atoms with E-state index >= 15 is 0 Å². The molecular formula is C20H15FN6O. The van der Waals surface area contributed by atoms with Crippen LogP contribution in [0.15, 0.2) is 59.8 Å². The van der Waals surface area contributed by atoms with Crippen LogP contribution in [-0.2, 0) is 14.1 Å². The maximum absolute atomic E-state index is 13.6. The van der Waals surface area contributed by atoms with E-state index < -0.39 is 5.95 Å². The zero-order chi connectivity index (χ0) is 19.4. The van der Waals surface area contributed by atoms with Crippen molar-refractivity contribution in [2.45, 2.75) is 0 Å². The Morgan fingerprint density at radius 1 is 0.964 bits per heavy atom. The number of rotatable bonds is 2. The Labute approximate surface area is 158 Å². The van der Waals surface area contributed by atoms with Crippen molar-refractivity contribution in [1.82, 2.24) is 28.9 Å². The SMILES string of the molecule is Cn1nccc1-n1c(=O)n(C)c2cnc3ccc(-c4ccnc(F)c4)cc3c21. The van der Waals surface area contributed by atoms with Crippen LogP contribution in [0.1, 0.15) is 0 Å². The molecule has 28 heavy (non-hydrogen) atoms. The molecule has 5 aromatic rings. The van der Waals surface area contributed by atoms with E-state index in [4.69, 9.17) is 0 Å². The van der Waals surface area contributed by atoms with Gasteiger partial charge in [0, 0.05) is 37.8 Å². The highest BCUT2D eigenvalue weighted by Crippen LogP contribution is 2.29. The molecule has 8 heteroatoms. The first-order chi connectivity index (χ1) is 13.5. The number of pyridine rings is 2. The molecular weight excluding hydrogens is 359 g/mol. The summed E-state index contributed by atoms with van der Waals surface area (Å²) >= 11 is 0. The maximum atomic E-state index is 13.6. The van der Waals surface area contributed by atoms with Crippen molar-refractivity contribution in [3.05, 3.63) is 71.4 Å². The topological polar surface area (TPSA) is 70.5 Å². The molecule has 0 saturated carbocycles. The summed E-state index contributed by atoms with van der Waals surface area (Å²) in [5, 5.41) is 4.99. The van der Waals surface area contributed by atoms with Gasteiger partial charge in [0.25, 0.3) is 0 Å². The van der Waals surface area contributed by atoms with Crippen LogP contribution in [0.25, 0.3) is 38.9 Å².